The zero-order valence-electron chi connectivity index (χ0n) is 5.80. The molecule has 0 unspecified atom stereocenters. The topological polar surface area (TPSA) is 18.5 Å². The average molecular weight is 129 g/mol. The van der Waals surface area contributed by atoms with Crippen LogP contribution in [0.4, 0.5) is 0 Å². The third-order valence-corrected chi connectivity index (χ3v) is 1.32. The highest BCUT2D eigenvalue weighted by Gasteiger charge is 2.11. The van der Waals surface area contributed by atoms with Gasteiger partial charge in [0.1, 0.15) is 0 Å². The molecule has 0 aliphatic carbocycles. The van der Waals surface area contributed by atoms with Gasteiger partial charge in [0, 0.05) is 6.42 Å². The Morgan fingerprint density at radius 2 is 2.11 bits per heavy atom. The molecule has 0 N–H and O–H groups in total. The van der Waals surface area contributed by atoms with Crippen LogP contribution in [0.25, 0.3) is 0 Å². The van der Waals surface area contributed by atoms with Gasteiger partial charge in [-0.15, -0.1) is 0 Å². The predicted octanol–water partition coefficient (Wildman–Crippen LogP) is 1.36. The lowest BCUT2D eigenvalue weighted by molar-refractivity contribution is -0.177. The molecule has 0 aromatic heterocycles. The van der Waals surface area contributed by atoms with Crippen molar-refractivity contribution in [1.82, 2.24) is 0 Å². The fourth-order valence-corrected chi connectivity index (χ4v) is 0.865. The van der Waals surface area contributed by atoms with Gasteiger partial charge in [0.05, 0.1) is 13.2 Å². The molecule has 0 amide bonds. The zero-order valence-corrected chi connectivity index (χ0v) is 5.80. The van der Waals surface area contributed by atoms with Gasteiger partial charge in [-0.1, -0.05) is 6.92 Å². The van der Waals surface area contributed by atoms with Crippen molar-refractivity contribution in [2.75, 3.05) is 13.2 Å². The third kappa shape index (κ3) is 2.33. The monoisotopic (exact) mass is 129 g/mol. The highest BCUT2D eigenvalue weighted by Crippen LogP contribution is 2.08. The Balaban J connectivity index is 2.08. The third-order valence-electron chi connectivity index (χ3n) is 1.32. The Hall–Kier alpha value is -0.0800. The Labute approximate surface area is 56.2 Å². The van der Waals surface area contributed by atoms with Gasteiger partial charge in [-0.2, -0.15) is 0 Å². The van der Waals surface area contributed by atoms with E-state index in [0.717, 1.165) is 26.1 Å². The van der Waals surface area contributed by atoms with Crippen molar-refractivity contribution < 1.29 is 9.47 Å². The number of rotatable bonds is 2. The first-order valence-corrected chi connectivity index (χ1v) is 3.44. The lowest BCUT2D eigenvalue weighted by Crippen LogP contribution is -2.24. The molecule has 0 saturated carbocycles. The minimum Gasteiger partial charge on any atom is -0.353 e. The van der Waals surface area contributed by atoms with Crippen LogP contribution in [0.15, 0.2) is 0 Å². The van der Waals surface area contributed by atoms with Crippen molar-refractivity contribution in [1.29, 1.82) is 0 Å². The van der Waals surface area contributed by atoms with Gasteiger partial charge < -0.3 is 9.47 Å². The van der Waals surface area contributed by atoms with Crippen LogP contribution in [0.2, 0.25) is 0 Å². The lowest BCUT2D eigenvalue weighted by atomic mass is 10.3. The number of ether oxygens (including phenoxy) is 2. The standard InChI is InChI=1S/C7H13O2/c1-2-4-7-8-5-3-6-9-7/h2,7H,3-6H2,1H3. The first-order valence-electron chi connectivity index (χ1n) is 3.44. The zero-order chi connectivity index (χ0) is 6.53. The number of hydrogen-bond donors (Lipinski definition) is 0. The molecule has 1 aliphatic rings. The molecule has 53 valence electrons. The van der Waals surface area contributed by atoms with E-state index in [1.807, 2.05) is 6.92 Å². The maximum absolute atomic E-state index is 5.26. The van der Waals surface area contributed by atoms with Crippen LogP contribution in [0.3, 0.4) is 0 Å². The average Bonchev–Trinajstić information content (AvgIpc) is 1.91. The first kappa shape index (κ1) is 7.03. The normalized spacial score (nSPS) is 22.3. The van der Waals surface area contributed by atoms with Crippen molar-refractivity contribution in [3.8, 4) is 0 Å². The molecule has 0 bridgehead atoms. The van der Waals surface area contributed by atoms with Crippen molar-refractivity contribution in [2.45, 2.75) is 26.1 Å². The molecule has 0 aromatic carbocycles. The van der Waals surface area contributed by atoms with Gasteiger partial charge in [0.2, 0.25) is 0 Å². The Bertz CT molecular complexity index is 64.6. The second kappa shape index (κ2) is 3.85. The molecule has 1 heterocycles. The second-order valence-corrected chi connectivity index (χ2v) is 2.17. The lowest BCUT2D eigenvalue weighted by Gasteiger charge is -2.22. The van der Waals surface area contributed by atoms with Crippen molar-refractivity contribution in [2.24, 2.45) is 0 Å². The van der Waals surface area contributed by atoms with Gasteiger partial charge in [0.25, 0.3) is 0 Å². The van der Waals surface area contributed by atoms with E-state index in [4.69, 9.17) is 9.47 Å². The molecular weight excluding hydrogens is 116 g/mol. The maximum Gasteiger partial charge on any atom is 0.157 e. The van der Waals surface area contributed by atoms with E-state index >= 15 is 0 Å². The van der Waals surface area contributed by atoms with Gasteiger partial charge in [0.15, 0.2) is 6.29 Å². The molecule has 1 saturated heterocycles. The second-order valence-electron chi connectivity index (χ2n) is 2.17. The van der Waals surface area contributed by atoms with Gasteiger partial charge in [-0.25, -0.2) is 0 Å². The van der Waals surface area contributed by atoms with E-state index in [1.165, 1.54) is 0 Å². The van der Waals surface area contributed by atoms with E-state index in [2.05, 4.69) is 6.42 Å². The number of hydrogen-bond acceptors (Lipinski definition) is 2. The highest BCUT2D eigenvalue weighted by atomic mass is 16.7. The highest BCUT2D eigenvalue weighted by molar-refractivity contribution is 4.61. The fraction of sp³-hybridized carbons (Fsp3) is 0.857. The summed E-state index contributed by atoms with van der Waals surface area (Å²) in [5, 5.41) is 0. The molecule has 9 heavy (non-hydrogen) atoms. The molecule has 0 aromatic rings. The SMILES string of the molecule is C[CH]CC1OCCCO1. The first-order chi connectivity index (χ1) is 4.43. The quantitative estimate of drug-likeness (QED) is 0.560. The van der Waals surface area contributed by atoms with Gasteiger partial charge in [-0.05, 0) is 12.8 Å². The summed E-state index contributed by atoms with van der Waals surface area (Å²) in [7, 11) is 0. The molecule has 1 rings (SSSR count). The van der Waals surface area contributed by atoms with Crippen molar-refractivity contribution in [3.05, 3.63) is 6.42 Å². The molecule has 2 heteroatoms. The van der Waals surface area contributed by atoms with Crippen LogP contribution < -0.4 is 0 Å². The maximum atomic E-state index is 5.26. The summed E-state index contributed by atoms with van der Waals surface area (Å²) in [4.78, 5) is 0. The molecule has 1 aliphatic heterocycles. The van der Waals surface area contributed by atoms with Gasteiger partial charge in [-0.3, -0.25) is 0 Å². The van der Waals surface area contributed by atoms with Crippen molar-refractivity contribution >= 4 is 0 Å². The van der Waals surface area contributed by atoms with E-state index in [9.17, 15) is 0 Å². The minimum absolute atomic E-state index is 0.0451. The Kier molecular flexibility index (Phi) is 3.01. The summed E-state index contributed by atoms with van der Waals surface area (Å²) in [6, 6.07) is 0. The summed E-state index contributed by atoms with van der Waals surface area (Å²) < 4.78 is 10.5. The predicted molar refractivity (Wildman–Crippen MR) is 34.9 cm³/mol. The molecule has 0 spiro atoms. The Morgan fingerprint density at radius 1 is 1.44 bits per heavy atom. The van der Waals surface area contributed by atoms with E-state index in [1.54, 1.807) is 0 Å². The minimum atomic E-state index is 0.0451. The van der Waals surface area contributed by atoms with Crippen LogP contribution in [0, 0.1) is 6.42 Å². The Morgan fingerprint density at radius 3 is 2.67 bits per heavy atom. The van der Waals surface area contributed by atoms with E-state index in [-0.39, 0.29) is 6.29 Å². The summed E-state index contributed by atoms with van der Waals surface area (Å²) in [5.41, 5.74) is 0. The summed E-state index contributed by atoms with van der Waals surface area (Å²) in [6.45, 7) is 3.73. The molecule has 1 fully saturated rings. The van der Waals surface area contributed by atoms with Gasteiger partial charge >= 0.3 is 0 Å². The van der Waals surface area contributed by atoms with Crippen LogP contribution in [0.1, 0.15) is 19.8 Å². The summed E-state index contributed by atoms with van der Waals surface area (Å²) in [5.74, 6) is 0. The van der Waals surface area contributed by atoms with Crippen LogP contribution >= 0.6 is 0 Å². The fourth-order valence-electron chi connectivity index (χ4n) is 0.865. The van der Waals surface area contributed by atoms with Crippen LogP contribution in [-0.2, 0) is 9.47 Å². The summed E-state index contributed by atoms with van der Waals surface area (Å²) >= 11 is 0. The molecule has 0 atom stereocenters. The van der Waals surface area contributed by atoms with E-state index in [0.29, 0.717) is 0 Å². The smallest absolute Gasteiger partial charge is 0.157 e. The van der Waals surface area contributed by atoms with Crippen molar-refractivity contribution in [3.63, 3.8) is 0 Å². The molecule has 2 nitrogen and oxygen atoms in total. The molecule has 1 radical (unpaired) electrons. The van der Waals surface area contributed by atoms with Crippen LogP contribution in [0.5, 0.6) is 0 Å². The molecular formula is C7H13O2. The van der Waals surface area contributed by atoms with Crippen LogP contribution in [-0.4, -0.2) is 19.5 Å². The summed E-state index contributed by atoms with van der Waals surface area (Å²) in [6.07, 6.45) is 4.07. The largest absolute Gasteiger partial charge is 0.353 e. The van der Waals surface area contributed by atoms with E-state index < -0.39 is 0 Å².